The van der Waals surface area contributed by atoms with E-state index in [1.165, 1.54) is 163 Å². The summed E-state index contributed by atoms with van der Waals surface area (Å²) >= 11 is 0. The maximum absolute atomic E-state index is 5.94. The topological polar surface area (TPSA) is 211 Å². The maximum atomic E-state index is 5.94. The lowest BCUT2D eigenvalue weighted by molar-refractivity contribution is -0.528. The van der Waals surface area contributed by atoms with Crippen molar-refractivity contribution in [2.24, 2.45) is 41.2 Å². The number of rotatable bonds is 35. The van der Waals surface area contributed by atoms with Gasteiger partial charge in [0.15, 0.2) is 39.1 Å². The van der Waals surface area contributed by atoms with E-state index < -0.39 is 83.6 Å². The molecule has 2 bridgehead atoms. The first-order valence-corrected chi connectivity index (χ1v) is 72.0. The Kier molecular flexibility index (Phi) is 60.2. The fourth-order valence-corrected chi connectivity index (χ4v) is 73.0. The summed E-state index contributed by atoms with van der Waals surface area (Å²) in [5, 5.41) is 3.88. The lowest BCUT2D eigenvalue weighted by Crippen LogP contribution is -2.83. The van der Waals surface area contributed by atoms with Gasteiger partial charge in [-0.15, -0.1) is 32.2 Å². The summed E-state index contributed by atoms with van der Waals surface area (Å²) in [5.74, 6) is 2.26. The standard InChI is InChI=1S/C22H63N13P4.C18H39N4P.C16H33N4P.C15H39N6P2.C13H31N4P.C12H36N7P2/c1-22(2,3)23-36(24-37(27(4)5,28(6)7)29(8)9,25-38(30(10)11,31(12)13)32(14)15)26-39(33(16)17,34(18)19)35(20)21;1-16(2)13-20-10-7-19-8-11-21(14-17(3)4)23(20)22(12-9-19)15-18(5)6;1-16(2,3)17-21(18-10-4-5-11-18,19-12-6-7-13-19)20-14-8-9-15-20;1-15(2,3)14-22(16-12-11-13-21(22)10)17-23(18(4)5,19(6)7)20(8)9;1-8-17(9-2)18(14-13(3,4)5)15(6)11-10-12-16(18)7;1-14(2)20(15(3)4,16(5)6)13-21(17(7)8,18(9)10)19(11)12/h1-21H3;16-18H,7-15H2,1-6H3;4-15H2,1-3H3;16H,11-14H2,1-10H3;8-12H2,1-7H3;1-12H3/q;;;+1;;+1/p+4. The zero-order chi connectivity index (χ0) is 113. The van der Waals surface area contributed by atoms with E-state index in [1.807, 2.05) is 0 Å². The first-order valence-electron chi connectivity index (χ1n) is 54.2. The van der Waals surface area contributed by atoms with Gasteiger partial charge in [0.25, 0.3) is 7.71 Å². The Bertz CT molecular complexity index is 3880. The van der Waals surface area contributed by atoms with Crippen molar-refractivity contribution in [3.05, 3.63) is 0 Å². The molecular formula is C96H245N38P11+6. The van der Waals surface area contributed by atoms with Crippen LogP contribution in [0.2, 0.25) is 0 Å². The predicted molar refractivity (Wildman–Crippen MR) is 658 cm³/mol. The van der Waals surface area contributed by atoms with Crippen LogP contribution < -0.4 is 23.5 Å². The fraction of sp³-hybridized carbons (Fsp3) is 1.00. The maximum Gasteiger partial charge on any atom is 0.451 e. The Morgan fingerprint density at radius 2 is 0.607 bits per heavy atom. The monoisotopic (exact) mass is 2270 g/mol. The Labute approximate surface area is 903 Å². The van der Waals surface area contributed by atoms with Crippen molar-refractivity contribution in [2.75, 3.05) is 418 Å². The van der Waals surface area contributed by atoms with Crippen LogP contribution in [0.15, 0.2) is 18.1 Å². The molecule has 145 heavy (non-hydrogen) atoms. The molecule has 8 rings (SSSR count). The Balaban J connectivity index is 0.000000600. The molecule has 8 aliphatic rings. The summed E-state index contributed by atoms with van der Waals surface area (Å²) in [6.45, 7) is 72.1. The molecule has 8 aliphatic heterocycles. The molecule has 868 valence electrons. The van der Waals surface area contributed by atoms with Crippen LogP contribution in [0.25, 0.3) is 0 Å². The Morgan fingerprint density at radius 1 is 0.338 bits per heavy atom. The fourth-order valence-electron chi connectivity index (χ4n) is 21.9. The molecule has 0 aromatic heterocycles. The van der Waals surface area contributed by atoms with Crippen molar-refractivity contribution in [3.8, 4) is 0 Å². The number of hydrogen-bond donors (Lipinski definition) is 4. The van der Waals surface area contributed by atoms with E-state index in [-0.39, 0.29) is 22.0 Å². The summed E-state index contributed by atoms with van der Waals surface area (Å²) in [6.07, 6.45) is 11.9. The van der Waals surface area contributed by atoms with E-state index >= 15 is 0 Å². The van der Waals surface area contributed by atoms with Crippen molar-refractivity contribution in [1.29, 1.82) is 0 Å². The summed E-state index contributed by atoms with van der Waals surface area (Å²) < 4.78 is 109. The van der Waals surface area contributed by atoms with Crippen molar-refractivity contribution >= 4 is 83.6 Å². The normalized spacial score (nSPS) is 21.2. The number of nitrogens with one attached hydrogen (secondary N) is 4. The molecule has 4 N–H and O–H groups in total. The minimum Gasteiger partial charge on any atom is -0.299 e. The largest absolute Gasteiger partial charge is 0.451 e. The van der Waals surface area contributed by atoms with E-state index in [9.17, 15) is 0 Å². The van der Waals surface area contributed by atoms with Crippen LogP contribution in [0, 0.1) is 23.2 Å². The van der Waals surface area contributed by atoms with Gasteiger partial charge in [-0.05, 0) is 399 Å². The van der Waals surface area contributed by atoms with E-state index in [1.54, 1.807) is 0 Å². The smallest absolute Gasteiger partial charge is 0.299 e. The van der Waals surface area contributed by atoms with Gasteiger partial charge in [0.2, 0.25) is 15.9 Å². The van der Waals surface area contributed by atoms with Crippen molar-refractivity contribution in [3.63, 3.8) is 0 Å². The molecule has 0 saturated carbocycles. The van der Waals surface area contributed by atoms with E-state index in [0.29, 0.717) is 0 Å². The molecule has 8 heterocycles. The number of fused-ring (bicyclic) bond motifs is 6. The summed E-state index contributed by atoms with van der Waals surface area (Å²) in [4.78, 5) is 2.70. The second kappa shape index (κ2) is 61.1. The van der Waals surface area contributed by atoms with Crippen LogP contribution in [-0.2, 0) is 0 Å². The van der Waals surface area contributed by atoms with Gasteiger partial charge in [0, 0.05) is 150 Å². The molecule has 1 atom stereocenters. The van der Waals surface area contributed by atoms with Gasteiger partial charge in [-0.2, -0.15) is 5.09 Å². The molecule has 38 nitrogen and oxygen atoms in total. The molecular weight excluding hydrogens is 2030 g/mol. The Hall–Kier alpha value is 1.84. The third-order valence-corrected chi connectivity index (χ3v) is 72.5. The highest BCUT2D eigenvalue weighted by Crippen LogP contribution is 2.77. The molecule has 0 aromatic carbocycles. The van der Waals surface area contributed by atoms with Gasteiger partial charge in [0.1, 0.15) is 6.16 Å². The predicted octanol–water partition coefficient (Wildman–Crippen LogP) is 15.0. The SMILES string of the molecule is CC(C)(C)[NH+]=P(N1CCCC1)(N1CCCC1)N1CCCC1.CC(C)CN1CCN2CCN(CC(C)C)[PH+]1N(CC(C)C)CC2.CCN(CC)P1(=[NH+]C(C)(C)C)N(C)CCCN1C.CN(C)P(=NP(N=P(N(C)C)(N(C)C)N(C)C)(N=P(N(C)C)(N(C)C)N(C)C)=[NH+]C(C)(C)C)(N(C)C)N(C)C.CN(C)P(=N[P+]1(CC(C)(C)C)NCCCN1C)(N(C)C)N(C)C.CN(C)P(=[N+]=P(N(C)C)(N(C)C)N(C)C)(N(C)C)N(C)C. The second-order valence-corrected chi connectivity index (χ2v) is 87.1. The third-order valence-electron chi connectivity index (χ3n) is 26.8. The molecule has 0 spiro atoms. The highest BCUT2D eigenvalue weighted by atomic mass is 31.3. The molecule has 0 aliphatic carbocycles. The minimum absolute atomic E-state index is 0.135. The van der Waals surface area contributed by atoms with Crippen molar-refractivity contribution < 1.29 is 14.2 Å². The quantitative estimate of drug-likeness (QED) is 0.0343. The van der Waals surface area contributed by atoms with Crippen LogP contribution in [0.3, 0.4) is 0 Å². The molecule has 49 heteroatoms. The summed E-state index contributed by atoms with van der Waals surface area (Å²) in [7, 11) is 61.5. The van der Waals surface area contributed by atoms with Crippen molar-refractivity contribution in [1.82, 2.24) is 145 Å². The molecule has 0 aromatic rings. The zero-order valence-corrected chi connectivity index (χ0v) is 116. The van der Waals surface area contributed by atoms with Crippen LogP contribution in [-0.4, -0.2) is 571 Å². The molecule has 0 radical (unpaired) electrons. The minimum atomic E-state index is -3.07. The average molecular weight is 2270 g/mol. The van der Waals surface area contributed by atoms with Crippen LogP contribution >= 0.6 is 83.6 Å². The lowest BCUT2D eigenvalue weighted by atomic mass is 10.0. The van der Waals surface area contributed by atoms with Crippen LogP contribution in [0.5, 0.6) is 0 Å². The molecule has 1 unspecified atom stereocenters. The van der Waals surface area contributed by atoms with Gasteiger partial charge in [-0.25, -0.2) is 84.3 Å². The van der Waals surface area contributed by atoms with Crippen LogP contribution in [0.1, 0.15) is 190 Å². The average Bonchev–Trinajstić information content (AvgIpc) is 1.57. The number of nitrogens with zero attached hydrogens (tertiary/aromatic N) is 34. The molecule has 8 fully saturated rings. The van der Waals surface area contributed by atoms with Gasteiger partial charge < -0.3 is 0 Å². The van der Waals surface area contributed by atoms with E-state index in [2.05, 4.69) is 568 Å². The van der Waals surface area contributed by atoms with E-state index in [4.69, 9.17) is 22.2 Å². The first-order chi connectivity index (χ1) is 66.2. The van der Waals surface area contributed by atoms with Gasteiger partial charge in [-0.3, -0.25) is 46.9 Å². The molecule has 8 saturated heterocycles. The zero-order valence-electron chi connectivity index (χ0n) is 106. The third kappa shape index (κ3) is 37.5. The van der Waals surface area contributed by atoms with Crippen molar-refractivity contribution in [2.45, 2.75) is 206 Å². The first kappa shape index (κ1) is 143. The second-order valence-electron chi connectivity index (χ2n) is 49.7. The highest BCUT2D eigenvalue weighted by Gasteiger charge is 2.56. The van der Waals surface area contributed by atoms with E-state index in [0.717, 1.165) is 50.1 Å². The number of hydrogen-bond acceptors (Lipinski definition) is 7. The van der Waals surface area contributed by atoms with Gasteiger partial charge in [0.05, 0.1) is 0 Å². The summed E-state index contributed by atoms with van der Waals surface area (Å²) in [6, 6.07) is 0. The van der Waals surface area contributed by atoms with Gasteiger partial charge in [-0.1, -0.05) is 84.8 Å². The van der Waals surface area contributed by atoms with Crippen LogP contribution in [0.4, 0.5) is 0 Å². The molecule has 0 amide bonds. The highest BCUT2D eigenvalue weighted by molar-refractivity contribution is 7.79. The lowest BCUT2D eigenvalue weighted by Gasteiger charge is -2.45. The van der Waals surface area contributed by atoms with Gasteiger partial charge >= 0.3 is 37.5 Å². The Morgan fingerprint density at radius 3 is 0.821 bits per heavy atom. The summed E-state index contributed by atoms with van der Waals surface area (Å²) in [5.41, 5.74) is 0.250.